The number of rotatable bonds is 2. The van der Waals surface area contributed by atoms with E-state index in [0.29, 0.717) is 11.1 Å². The largest absolute Gasteiger partial charge is 0.325 e. The van der Waals surface area contributed by atoms with Gasteiger partial charge in [-0.25, -0.2) is 5.10 Å². The molecular formula is C14H15N5O. The maximum atomic E-state index is 11.8. The summed E-state index contributed by atoms with van der Waals surface area (Å²) in [6.07, 6.45) is 1.82. The second-order valence-corrected chi connectivity index (χ2v) is 4.73. The summed E-state index contributed by atoms with van der Waals surface area (Å²) in [6, 6.07) is 5.67. The first kappa shape index (κ1) is 12.6. The topological polar surface area (TPSA) is 89.6 Å². The molecule has 102 valence electrons. The van der Waals surface area contributed by atoms with E-state index in [-0.39, 0.29) is 12.1 Å². The van der Waals surface area contributed by atoms with E-state index in [0.717, 1.165) is 22.2 Å². The normalized spacial score (nSPS) is 11.2. The number of nitrogens with one attached hydrogen (secondary N) is 1. The van der Waals surface area contributed by atoms with Crippen LogP contribution in [0.4, 0.5) is 0 Å². The number of H-pyrrole nitrogens is 1. The highest BCUT2D eigenvalue weighted by Crippen LogP contribution is 2.26. The van der Waals surface area contributed by atoms with Gasteiger partial charge in [-0.05, 0) is 24.6 Å². The monoisotopic (exact) mass is 269 g/mol. The van der Waals surface area contributed by atoms with Gasteiger partial charge in [-0.15, -0.1) is 0 Å². The van der Waals surface area contributed by atoms with Crippen molar-refractivity contribution in [3.63, 3.8) is 0 Å². The van der Waals surface area contributed by atoms with E-state index < -0.39 is 0 Å². The molecule has 0 aliphatic carbocycles. The quantitative estimate of drug-likeness (QED) is 0.728. The first-order valence-electron chi connectivity index (χ1n) is 6.32. The highest BCUT2D eigenvalue weighted by Gasteiger charge is 2.10. The third-order valence-corrected chi connectivity index (χ3v) is 3.61. The minimum atomic E-state index is -0.202. The lowest BCUT2D eigenvalue weighted by molar-refractivity contribution is 0.740. The molecule has 0 amide bonds. The van der Waals surface area contributed by atoms with Crippen molar-refractivity contribution in [3.8, 4) is 11.1 Å². The minimum Gasteiger partial charge on any atom is -0.325 e. The van der Waals surface area contributed by atoms with Crippen LogP contribution in [0.1, 0.15) is 11.4 Å². The average Bonchev–Trinajstić information content (AvgIpc) is 2.79. The van der Waals surface area contributed by atoms with Crippen molar-refractivity contribution >= 4 is 10.8 Å². The number of aromatic amines is 1. The lowest BCUT2D eigenvalue weighted by atomic mass is 10.0. The van der Waals surface area contributed by atoms with Crippen molar-refractivity contribution in [2.24, 2.45) is 12.8 Å². The number of fused-ring (bicyclic) bond motifs is 1. The predicted molar refractivity (Wildman–Crippen MR) is 77.2 cm³/mol. The summed E-state index contributed by atoms with van der Waals surface area (Å²) in [6.45, 7) is 2.29. The number of aryl methyl sites for hydroxylation is 1. The van der Waals surface area contributed by atoms with Gasteiger partial charge in [0.1, 0.15) is 0 Å². The Labute approximate surface area is 115 Å². The Balaban J connectivity index is 2.30. The molecule has 0 saturated heterocycles. The van der Waals surface area contributed by atoms with Gasteiger partial charge in [0.2, 0.25) is 0 Å². The van der Waals surface area contributed by atoms with Gasteiger partial charge < -0.3 is 5.73 Å². The van der Waals surface area contributed by atoms with Gasteiger partial charge in [0.15, 0.2) is 0 Å². The summed E-state index contributed by atoms with van der Waals surface area (Å²) in [5.41, 5.74) is 9.28. The molecular weight excluding hydrogens is 254 g/mol. The summed E-state index contributed by atoms with van der Waals surface area (Å²) in [7, 11) is 1.90. The van der Waals surface area contributed by atoms with Crippen LogP contribution in [0.15, 0.2) is 29.2 Å². The van der Waals surface area contributed by atoms with E-state index in [1.165, 1.54) is 0 Å². The van der Waals surface area contributed by atoms with E-state index in [1.807, 2.05) is 37.0 Å². The zero-order valence-electron chi connectivity index (χ0n) is 11.3. The van der Waals surface area contributed by atoms with Crippen molar-refractivity contribution < 1.29 is 0 Å². The first-order chi connectivity index (χ1) is 9.61. The van der Waals surface area contributed by atoms with Crippen molar-refractivity contribution in [1.29, 1.82) is 0 Å². The van der Waals surface area contributed by atoms with Crippen molar-refractivity contribution in [2.75, 3.05) is 0 Å². The lowest BCUT2D eigenvalue weighted by Crippen LogP contribution is -2.13. The Morgan fingerprint density at radius 1 is 1.35 bits per heavy atom. The second-order valence-electron chi connectivity index (χ2n) is 4.73. The Hall–Kier alpha value is -2.47. The molecule has 3 N–H and O–H groups in total. The maximum absolute atomic E-state index is 11.8. The van der Waals surface area contributed by atoms with E-state index in [1.54, 1.807) is 6.07 Å². The van der Waals surface area contributed by atoms with Crippen LogP contribution in [0, 0.1) is 6.92 Å². The molecule has 6 nitrogen and oxygen atoms in total. The SMILES string of the molecule is Cc1c(-c2ccc3c(=O)[nH]nc(CN)c3c2)cnn1C. The molecule has 0 aliphatic heterocycles. The van der Waals surface area contributed by atoms with Crippen LogP contribution < -0.4 is 11.3 Å². The molecule has 0 saturated carbocycles. The summed E-state index contributed by atoms with van der Waals surface area (Å²) < 4.78 is 1.82. The number of hydrogen-bond acceptors (Lipinski definition) is 4. The standard InChI is InChI=1S/C14H15N5O/c1-8-12(7-16-19(8)2)9-3-4-10-11(5-9)13(6-15)17-18-14(10)20/h3-5,7H,6,15H2,1-2H3,(H,18,20). The van der Waals surface area contributed by atoms with E-state index in [4.69, 9.17) is 5.73 Å². The highest BCUT2D eigenvalue weighted by atomic mass is 16.1. The fourth-order valence-electron chi connectivity index (χ4n) is 2.32. The summed E-state index contributed by atoms with van der Waals surface area (Å²) in [5.74, 6) is 0. The molecule has 20 heavy (non-hydrogen) atoms. The zero-order chi connectivity index (χ0) is 14.3. The van der Waals surface area contributed by atoms with Gasteiger partial charge in [-0.3, -0.25) is 9.48 Å². The molecule has 2 heterocycles. The summed E-state index contributed by atoms with van der Waals surface area (Å²) in [4.78, 5) is 11.8. The Morgan fingerprint density at radius 2 is 2.15 bits per heavy atom. The van der Waals surface area contributed by atoms with Gasteiger partial charge in [0.05, 0.1) is 17.3 Å². The maximum Gasteiger partial charge on any atom is 0.272 e. The van der Waals surface area contributed by atoms with Gasteiger partial charge >= 0.3 is 0 Å². The molecule has 3 aromatic rings. The zero-order valence-corrected chi connectivity index (χ0v) is 11.3. The molecule has 1 aromatic carbocycles. The minimum absolute atomic E-state index is 0.202. The van der Waals surface area contributed by atoms with Gasteiger partial charge in [0, 0.05) is 30.2 Å². The second kappa shape index (κ2) is 4.57. The molecule has 0 spiro atoms. The number of nitrogens with zero attached hydrogens (tertiary/aromatic N) is 3. The van der Waals surface area contributed by atoms with Crippen LogP contribution in [0.3, 0.4) is 0 Å². The Kier molecular flexibility index (Phi) is 2.87. The molecule has 6 heteroatoms. The molecule has 3 rings (SSSR count). The molecule has 2 aromatic heterocycles. The van der Waals surface area contributed by atoms with Crippen LogP contribution in [0.2, 0.25) is 0 Å². The van der Waals surface area contributed by atoms with Crippen LogP contribution in [0.5, 0.6) is 0 Å². The molecule has 0 unspecified atom stereocenters. The smallest absolute Gasteiger partial charge is 0.272 e. The lowest BCUT2D eigenvalue weighted by Gasteiger charge is -2.06. The number of benzene rings is 1. The van der Waals surface area contributed by atoms with Crippen molar-refractivity contribution in [2.45, 2.75) is 13.5 Å². The molecule has 0 atom stereocenters. The molecule has 0 aliphatic rings. The predicted octanol–water partition coefficient (Wildman–Crippen LogP) is 1.09. The van der Waals surface area contributed by atoms with Crippen molar-refractivity contribution in [1.82, 2.24) is 20.0 Å². The van der Waals surface area contributed by atoms with Gasteiger partial charge in [-0.2, -0.15) is 10.2 Å². The molecule has 0 radical (unpaired) electrons. The number of hydrogen-bond donors (Lipinski definition) is 2. The van der Waals surface area contributed by atoms with Gasteiger partial charge in [0.25, 0.3) is 5.56 Å². The van der Waals surface area contributed by atoms with Crippen LogP contribution in [0.25, 0.3) is 21.9 Å². The van der Waals surface area contributed by atoms with Crippen LogP contribution >= 0.6 is 0 Å². The highest BCUT2D eigenvalue weighted by molar-refractivity contribution is 5.88. The molecule has 0 fully saturated rings. The third-order valence-electron chi connectivity index (χ3n) is 3.61. The first-order valence-corrected chi connectivity index (χ1v) is 6.32. The summed E-state index contributed by atoms with van der Waals surface area (Å²) >= 11 is 0. The molecule has 0 bridgehead atoms. The van der Waals surface area contributed by atoms with Crippen molar-refractivity contribution in [3.05, 3.63) is 46.1 Å². The van der Waals surface area contributed by atoms with E-state index >= 15 is 0 Å². The van der Waals surface area contributed by atoms with Gasteiger partial charge in [-0.1, -0.05) is 6.07 Å². The van der Waals surface area contributed by atoms with Crippen LogP contribution in [-0.2, 0) is 13.6 Å². The van der Waals surface area contributed by atoms with E-state index in [9.17, 15) is 4.79 Å². The Morgan fingerprint density at radius 3 is 2.80 bits per heavy atom. The average molecular weight is 269 g/mol. The fourth-order valence-corrected chi connectivity index (χ4v) is 2.32. The third kappa shape index (κ3) is 1.81. The number of aromatic nitrogens is 4. The number of nitrogens with two attached hydrogens (primary N) is 1. The van der Waals surface area contributed by atoms with E-state index in [2.05, 4.69) is 15.3 Å². The summed E-state index contributed by atoms with van der Waals surface area (Å²) in [5, 5.41) is 12.1. The fraction of sp³-hybridized carbons (Fsp3) is 0.214. The van der Waals surface area contributed by atoms with Crippen LogP contribution in [-0.4, -0.2) is 20.0 Å². The Bertz CT molecular complexity index is 846.